The van der Waals surface area contributed by atoms with Crippen LogP contribution in [0.25, 0.3) is 10.9 Å². The number of hydrogen-bond acceptors (Lipinski definition) is 6. The van der Waals surface area contributed by atoms with Gasteiger partial charge in [-0.2, -0.15) is 0 Å². The molecule has 1 aliphatic heterocycles. The van der Waals surface area contributed by atoms with E-state index in [-0.39, 0.29) is 6.10 Å². The minimum atomic E-state index is 0.121. The largest absolute Gasteiger partial charge is 0.496 e. The van der Waals surface area contributed by atoms with E-state index < -0.39 is 0 Å². The summed E-state index contributed by atoms with van der Waals surface area (Å²) < 4.78 is 23.6. The van der Waals surface area contributed by atoms with Crippen LogP contribution in [0, 0.1) is 0 Å². The first-order valence-corrected chi connectivity index (χ1v) is 13.4. The normalized spacial score (nSPS) is 17.4. The first kappa shape index (κ1) is 26.2. The molecule has 1 N–H and O–H groups in total. The van der Waals surface area contributed by atoms with Gasteiger partial charge in [-0.25, -0.2) is 0 Å². The Balaban J connectivity index is 1.08. The fourth-order valence-corrected chi connectivity index (χ4v) is 4.96. The van der Waals surface area contributed by atoms with Crippen molar-refractivity contribution in [2.24, 2.45) is 0 Å². The van der Waals surface area contributed by atoms with E-state index in [1.54, 1.807) is 7.11 Å². The lowest BCUT2D eigenvalue weighted by molar-refractivity contribution is 0.0106. The summed E-state index contributed by atoms with van der Waals surface area (Å²) in [7, 11) is 1.68. The molecule has 6 heteroatoms. The summed E-state index contributed by atoms with van der Waals surface area (Å²) in [5.41, 5.74) is 4.51. The fourth-order valence-electron chi connectivity index (χ4n) is 4.96. The van der Waals surface area contributed by atoms with Gasteiger partial charge >= 0.3 is 0 Å². The SMILES string of the molecule is COc1ccccc1COCCCOc1ccc([C@@H]2CCNC[C@H]2OCc2ccc3cccnc3c2)cc1. The van der Waals surface area contributed by atoms with Crippen LogP contribution < -0.4 is 14.8 Å². The highest BCUT2D eigenvalue weighted by Crippen LogP contribution is 2.30. The number of pyridine rings is 1. The molecule has 1 aliphatic rings. The Morgan fingerprint density at radius 3 is 2.71 bits per heavy atom. The Labute approximate surface area is 224 Å². The molecule has 0 spiro atoms. The summed E-state index contributed by atoms with van der Waals surface area (Å²) >= 11 is 0. The molecule has 3 aromatic carbocycles. The smallest absolute Gasteiger partial charge is 0.124 e. The fraction of sp³-hybridized carbons (Fsp3) is 0.344. The molecule has 38 heavy (non-hydrogen) atoms. The molecule has 198 valence electrons. The first-order chi connectivity index (χ1) is 18.8. The Hall–Kier alpha value is -3.45. The van der Waals surface area contributed by atoms with Crippen LogP contribution in [0.2, 0.25) is 0 Å². The lowest BCUT2D eigenvalue weighted by Crippen LogP contribution is -2.40. The van der Waals surface area contributed by atoms with E-state index in [9.17, 15) is 0 Å². The molecule has 0 unspecified atom stereocenters. The van der Waals surface area contributed by atoms with Crippen molar-refractivity contribution in [2.45, 2.75) is 38.1 Å². The van der Waals surface area contributed by atoms with Crippen molar-refractivity contribution in [2.75, 3.05) is 33.4 Å². The van der Waals surface area contributed by atoms with Crippen LogP contribution in [-0.2, 0) is 22.7 Å². The van der Waals surface area contributed by atoms with E-state index in [0.717, 1.165) is 59.5 Å². The van der Waals surface area contributed by atoms with Crippen LogP contribution in [0.3, 0.4) is 0 Å². The zero-order valence-corrected chi connectivity index (χ0v) is 22.0. The van der Waals surface area contributed by atoms with Gasteiger partial charge < -0.3 is 24.3 Å². The standard InChI is InChI=1S/C32H36N2O4/c1-35-31-8-3-2-6-27(31)23-36-18-5-19-37-28-13-11-25(12-14-28)29-15-17-33-21-32(29)38-22-24-9-10-26-7-4-16-34-30(26)20-24/h2-4,6-14,16,20,29,32-33H,5,15,17-19,21-23H2,1H3/t29-,32+/m0/s1. The molecule has 0 bridgehead atoms. The predicted molar refractivity (Wildman–Crippen MR) is 150 cm³/mol. The molecule has 0 radical (unpaired) electrons. The van der Waals surface area contributed by atoms with E-state index >= 15 is 0 Å². The third kappa shape index (κ3) is 6.90. The summed E-state index contributed by atoms with van der Waals surface area (Å²) in [4.78, 5) is 4.47. The summed E-state index contributed by atoms with van der Waals surface area (Å²) in [5, 5.41) is 4.64. The third-order valence-electron chi connectivity index (χ3n) is 7.02. The topological polar surface area (TPSA) is 61.8 Å². The number of fused-ring (bicyclic) bond motifs is 1. The molecule has 5 rings (SSSR count). The maximum absolute atomic E-state index is 6.42. The number of rotatable bonds is 12. The monoisotopic (exact) mass is 512 g/mol. The van der Waals surface area contributed by atoms with Gasteiger partial charge in [0.15, 0.2) is 0 Å². The van der Waals surface area contributed by atoms with Crippen molar-refractivity contribution in [3.8, 4) is 11.5 Å². The van der Waals surface area contributed by atoms with E-state index in [0.29, 0.717) is 32.3 Å². The van der Waals surface area contributed by atoms with Gasteiger partial charge in [0.25, 0.3) is 0 Å². The van der Waals surface area contributed by atoms with Crippen LogP contribution in [0.5, 0.6) is 11.5 Å². The van der Waals surface area contributed by atoms with E-state index in [4.69, 9.17) is 18.9 Å². The Morgan fingerprint density at radius 2 is 1.82 bits per heavy atom. The molecule has 1 aromatic heterocycles. The van der Waals surface area contributed by atoms with Gasteiger partial charge in [-0.3, -0.25) is 4.98 Å². The molecular formula is C32H36N2O4. The molecule has 4 aromatic rings. The highest BCUT2D eigenvalue weighted by atomic mass is 16.5. The number of nitrogens with zero attached hydrogens (tertiary/aromatic N) is 1. The second-order valence-corrected chi connectivity index (χ2v) is 9.61. The molecule has 2 heterocycles. The predicted octanol–water partition coefficient (Wildman–Crippen LogP) is 5.89. The highest BCUT2D eigenvalue weighted by Gasteiger charge is 2.27. The molecular weight excluding hydrogens is 476 g/mol. The Bertz CT molecular complexity index is 1290. The first-order valence-electron chi connectivity index (χ1n) is 13.4. The van der Waals surface area contributed by atoms with E-state index in [1.807, 2.05) is 36.5 Å². The quantitative estimate of drug-likeness (QED) is 0.239. The lowest BCUT2D eigenvalue weighted by Gasteiger charge is -2.32. The minimum absolute atomic E-state index is 0.121. The molecule has 1 fully saturated rings. The number of para-hydroxylation sites is 1. The molecule has 6 nitrogen and oxygen atoms in total. The van der Waals surface area contributed by atoms with Gasteiger partial charge in [-0.15, -0.1) is 0 Å². The zero-order valence-electron chi connectivity index (χ0n) is 22.0. The highest BCUT2D eigenvalue weighted by molar-refractivity contribution is 5.78. The van der Waals surface area contributed by atoms with Crippen LogP contribution in [-0.4, -0.2) is 44.5 Å². The van der Waals surface area contributed by atoms with Crippen molar-refractivity contribution in [1.82, 2.24) is 10.3 Å². The summed E-state index contributed by atoms with van der Waals surface area (Å²) in [6.45, 7) is 4.22. The Kier molecular flexibility index (Phi) is 9.21. The van der Waals surface area contributed by atoms with Gasteiger partial charge in [-0.05, 0) is 54.4 Å². The van der Waals surface area contributed by atoms with Crippen molar-refractivity contribution >= 4 is 10.9 Å². The van der Waals surface area contributed by atoms with Crippen LogP contribution in [0.15, 0.2) is 85.1 Å². The second kappa shape index (κ2) is 13.4. The average molecular weight is 513 g/mol. The third-order valence-corrected chi connectivity index (χ3v) is 7.02. The van der Waals surface area contributed by atoms with Gasteiger partial charge in [0.1, 0.15) is 11.5 Å². The lowest BCUT2D eigenvalue weighted by atomic mass is 9.87. The number of benzene rings is 3. The maximum Gasteiger partial charge on any atom is 0.124 e. The van der Waals surface area contributed by atoms with E-state index in [2.05, 4.69) is 58.8 Å². The number of methoxy groups -OCH3 is 1. The molecule has 2 atom stereocenters. The molecule has 1 saturated heterocycles. The summed E-state index contributed by atoms with van der Waals surface area (Å²) in [6.07, 6.45) is 3.83. The van der Waals surface area contributed by atoms with Gasteiger partial charge in [0.2, 0.25) is 0 Å². The molecule has 0 saturated carbocycles. The van der Waals surface area contributed by atoms with Gasteiger partial charge in [0.05, 0.1) is 45.2 Å². The number of ether oxygens (including phenoxy) is 4. The van der Waals surface area contributed by atoms with Gasteiger partial charge in [-0.1, -0.05) is 48.5 Å². The molecule has 0 aliphatic carbocycles. The van der Waals surface area contributed by atoms with Crippen molar-refractivity contribution in [1.29, 1.82) is 0 Å². The maximum atomic E-state index is 6.42. The zero-order chi connectivity index (χ0) is 26.0. The van der Waals surface area contributed by atoms with Crippen LogP contribution in [0.1, 0.15) is 35.4 Å². The summed E-state index contributed by atoms with van der Waals surface area (Å²) in [6, 6.07) is 26.8. The Morgan fingerprint density at radius 1 is 0.921 bits per heavy atom. The van der Waals surface area contributed by atoms with Crippen LogP contribution >= 0.6 is 0 Å². The van der Waals surface area contributed by atoms with Crippen molar-refractivity contribution in [3.05, 3.63) is 102 Å². The number of aromatic nitrogens is 1. The summed E-state index contributed by atoms with van der Waals surface area (Å²) in [5.74, 6) is 2.09. The van der Waals surface area contributed by atoms with Crippen molar-refractivity contribution in [3.63, 3.8) is 0 Å². The average Bonchev–Trinajstić information content (AvgIpc) is 2.98. The van der Waals surface area contributed by atoms with Crippen molar-refractivity contribution < 1.29 is 18.9 Å². The van der Waals surface area contributed by atoms with Gasteiger partial charge in [0, 0.05) is 36.0 Å². The van der Waals surface area contributed by atoms with E-state index in [1.165, 1.54) is 5.56 Å². The second-order valence-electron chi connectivity index (χ2n) is 9.61. The number of nitrogens with one attached hydrogen (secondary N) is 1. The van der Waals surface area contributed by atoms with Crippen LogP contribution in [0.4, 0.5) is 0 Å². The number of piperidine rings is 1. The molecule has 0 amide bonds. The number of hydrogen-bond donors (Lipinski definition) is 1. The minimum Gasteiger partial charge on any atom is -0.496 e.